The summed E-state index contributed by atoms with van der Waals surface area (Å²) in [6.45, 7) is 5.78. The van der Waals surface area contributed by atoms with Crippen LogP contribution in [0.5, 0.6) is 10.8 Å². The molecule has 2 aliphatic heterocycles. The van der Waals surface area contributed by atoms with E-state index in [2.05, 4.69) is 11.0 Å². The molecule has 5 nitrogen and oxygen atoms in total. The average Bonchev–Trinajstić information content (AvgIpc) is 3.39. The second-order valence-electron chi connectivity index (χ2n) is 7.47. The number of nitrogens with zero attached hydrogens (tertiary/aromatic N) is 2. The second kappa shape index (κ2) is 8.97. The number of hydrogen-bond acceptors (Lipinski definition) is 5. The van der Waals surface area contributed by atoms with Crippen LogP contribution in [0.25, 0.3) is 0 Å². The van der Waals surface area contributed by atoms with E-state index in [1.807, 2.05) is 23.1 Å². The first-order chi connectivity index (χ1) is 13.7. The number of likely N-dealkylation sites (tertiary alicyclic amines) is 1. The fourth-order valence-corrected chi connectivity index (χ4v) is 5.04. The number of ether oxygens (including phenoxy) is 2. The number of carbonyl (C=O) groups is 1. The van der Waals surface area contributed by atoms with Gasteiger partial charge < -0.3 is 19.3 Å². The number of fused-ring (bicyclic) bond motifs is 1. The molecule has 0 radical (unpaired) electrons. The van der Waals surface area contributed by atoms with Crippen LogP contribution in [0.2, 0.25) is 0 Å². The summed E-state index contributed by atoms with van der Waals surface area (Å²) in [6.07, 6.45) is 4.63. The molecule has 4 rings (SSSR count). The van der Waals surface area contributed by atoms with Gasteiger partial charge in [-0.15, -0.1) is 11.3 Å². The van der Waals surface area contributed by atoms with Crippen molar-refractivity contribution in [3.63, 3.8) is 0 Å². The molecule has 0 atom stereocenters. The molecule has 1 aromatic heterocycles. The Morgan fingerprint density at radius 3 is 2.86 bits per heavy atom. The van der Waals surface area contributed by atoms with Crippen molar-refractivity contribution in [2.24, 2.45) is 0 Å². The quantitative estimate of drug-likeness (QED) is 0.663. The van der Waals surface area contributed by atoms with Crippen LogP contribution < -0.4 is 9.47 Å². The van der Waals surface area contributed by atoms with Gasteiger partial charge in [-0.05, 0) is 68.6 Å². The maximum Gasteiger partial charge on any atom is 0.254 e. The monoisotopic (exact) mass is 400 g/mol. The maximum atomic E-state index is 12.9. The third-order valence-electron chi connectivity index (χ3n) is 5.53. The van der Waals surface area contributed by atoms with Gasteiger partial charge in [0.1, 0.15) is 5.75 Å². The molecule has 0 N–H and O–H groups in total. The SMILES string of the molecule is COc1cccc(C(=O)N2CCc3cc(OCCCN4CCCC4)sc3C2)c1. The smallest absolute Gasteiger partial charge is 0.254 e. The molecule has 2 aromatic rings. The van der Waals surface area contributed by atoms with E-state index in [1.165, 1.54) is 36.4 Å². The summed E-state index contributed by atoms with van der Waals surface area (Å²) in [6, 6.07) is 9.55. The van der Waals surface area contributed by atoms with Crippen molar-refractivity contribution in [1.29, 1.82) is 0 Å². The third-order valence-corrected chi connectivity index (χ3v) is 6.60. The summed E-state index contributed by atoms with van der Waals surface area (Å²) in [5.74, 6) is 0.773. The van der Waals surface area contributed by atoms with Crippen LogP contribution in [0.15, 0.2) is 30.3 Å². The van der Waals surface area contributed by atoms with E-state index in [1.54, 1.807) is 24.5 Å². The van der Waals surface area contributed by atoms with E-state index in [-0.39, 0.29) is 5.91 Å². The van der Waals surface area contributed by atoms with Crippen LogP contribution in [-0.4, -0.2) is 55.6 Å². The van der Waals surface area contributed by atoms with Crippen molar-refractivity contribution in [1.82, 2.24) is 9.80 Å². The molecule has 0 saturated carbocycles. The van der Waals surface area contributed by atoms with Gasteiger partial charge in [0.15, 0.2) is 5.06 Å². The highest BCUT2D eigenvalue weighted by Crippen LogP contribution is 2.34. The average molecular weight is 401 g/mol. The van der Waals surface area contributed by atoms with Gasteiger partial charge in [-0.2, -0.15) is 0 Å². The minimum atomic E-state index is 0.0611. The summed E-state index contributed by atoms with van der Waals surface area (Å²) >= 11 is 1.69. The Labute approximate surface area is 170 Å². The summed E-state index contributed by atoms with van der Waals surface area (Å²) in [7, 11) is 1.62. The lowest BCUT2D eigenvalue weighted by molar-refractivity contribution is 0.0737. The van der Waals surface area contributed by atoms with E-state index in [9.17, 15) is 4.79 Å². The Hall–Kier alpha value is -2.05. The first-order valence-corrected chi connectivity index (χ1v) is 10.9. The maximum absolute atomic E-state index is 12.9. The predicted molar refractivity (Wildman–Crippen MR) is 112 cm³/mol. The van der Waals surface area contributed by atoms with E-state index in [0.717, 1.165) is 37.6 Å². The molecule has 0 aliphatic carbocycles. The number of carbonyl (C=O) groups excluding carboxylic acids is 1. The number of rotatable bonds is 7. The second-order valence-corrected chi connectivity index (χ2v) is 8.57. The molecule has 3 heterocycles. The zero-order valence-electron chi connectivity index (χ0n) is 16.5. The van der Waals surface area contributed by atoms with Gasteiger partial charge in [0.05, 0.1) is 20.3 Å². The van der Waals surface area contributed by atoms with Gasteiger partial charge in [-0.3, -0.25) is 4.79 Å². The summed E-state index contributed by atoms with van der Waals surface area (Å²) < 4.78 is 11.2. The Balaban J connectivity index is 1.31. The third kappa shape index (κ3) is 4.50. The highest BCUT2D eigenvalue weighted by molar-refractivity contribution is 7.14. The standard InChI is InChI=1S/C22H28N2O3S/c1-26-19-7-4-6-18(14-19)22(25)24-12-8-17-15-21(28-20(17)16-24)27-13-5-11-23-9-2-3-10-23/h4,6-7,14-15H,2-3,5,8-13,16H2,1H3. The molecule has 28 heavy (non-hydrogen) atoms. The fraction of sp³-hybridized carbons (Fsp3) is 0.500. The van der Waals surface area contributed by atoms with Gasteiger partial charge in [0, 0.05) is 23.5 Å². The van der Waals surface area contributed by atoms with Crippen molar-refractivity contribution in [2.75, 3.05) is 39.9 Å². The highest BCUT2D eigenvalue weighted by Gasteiger charge is 2.24. The van der Waals surface area contributed by atoms with Crippen LogP contribution >= 0.6 is 11.3 Å². The Kier molecular flexibility index (Phi) is 6.17. The molecule has 1 amide bonds. The van der Waals surface area contributed by atoms with E-state index >= 15 is 0 Å². The van der Waals surface area contributed by atoms with Crippen molar-refractivity contribution in [3.05, 3.63) is 46.3 Å². The number of thiophene rings is 1. The number of amides is 1. The van der Waals surface area contributed by atoms with E-state index in [0.29, 0.717) is 17.9 Å². The Morgan fingerprint density at radius 1 is 1.18 bits per heavy atom. The molecular weight excluding hydrogens is 372 g/mol. The highest BCUT2D eigenvalue weighted by atomic mass is 32.1. The number of hydrogen-bond donors (Lipinski definition) is 0. The van der Waals surface area contributed by atoms with Crippen molar-refractivity contribution < 1.29 is 14.3 Å². The van der Waals surface area contributed by atoms with E-state index in [4.69, 9.17) is 9.47 Å². The molecule has 0 bridgehead atoms. The summed E-state index contributed by atoms with van der Waals surface area (Å²) in [5, 5.41) is 0.988. The zero-order valence-corrected chi connectivity index (χ0v) is 17.3. The molecule has 1 fully saturated rings. The van der Waals surface area contributed by atoms with Gasteiger partial charge in [-0.25, -0.2) is 0 Å². The molecule has 6 heteroatoms. The first kappa shape index (κ1) is 19.3. The zero-order chi connectivity index (χ0) is 19.3. The number of benzene rings is 1. The largest absolute Gasteiger partial charge is 0.497 e. The Morgan fingerprint density at radius 2 is 2.04 bits per heavy atom. The van der Waals surface area contributed by atoms with Gasteiger partial charge in [-0.1, -0.05) is 6.07 Å². The van der Waals surface area contributed by atoms with Crippen LogP contribution in [0.4, 0.5) is 0 Å². The van der Waals surface area contributed by atoms with Crippen LogP contribution in [0, 0.1) is 0 Å². The van der Waals surface area contributed by atoms with Crippen LogP contribution in [0.1, 0.15) is 40.1 Å². The lowest BCUT2D eigenvalue weighted by atomic mass is 10.1. The van der Waals surface area contributed by atoms with Gasteiger partial charge in [0.25, 0.3) is 5.91 Å². The Bertz CT molecular complexity index is 814. The molecule has 2 aliphatic rings. The lowest BCUT2D eigenvalue weighted by Crippen LogP contribution is -2.35. The summed E-state index contributed by atoms with van der Waals surface area (Å²) in [5.41, 5.74) is 2.01. The predicted octanol–water partition coefficient (Wildman–Crippen LogP) is 3.82. The molecule has 1 saturated heterocycles. The normalized spacial score (nSPS) is 16.8. The van der Waals surface area contributed by atoms with Gasteiger partial charge >= 0.3 is 0 Å². The molecule has 0 spiro atoms. The molecule has 0 unspecified atom stereocenters. The summed E-state index contributed by atoms with van der Waals surface area (Å²) in [4.78, 5) is 18.5. The molecular formula is C22H28N2O3S. The lowest BCUT2D eigenvalue weighted by Gasteiger charge is -2.26. The fourth-order valence-electron chi connectivity index (χ4n) is 3.94. The minimum Gasteiger partial charge on any atom is -0.497 e. The first-order valence-electron chi connectivity index (χ1n) is 10.1. The van der Waals surface area contributed by atoms with Gasteiger partial charge in [0.2, 0.25) is 0 Å². The minimum absolute atomic E-state index is 0.0611. The number of methoxy groups -OCH3 is 1. The van der Waals surface area contributed by atoms with Crippen molar-refractivity contribution >= 4 is 17.2 Å². The van der Waals surface area contributed by atoms with Crippen LogP contribution in [-0.2, 0) is 13.0 Å². The van der Waals surface area contributed by atoms with Crippen LogP contribution in [0.3, 0.4) is 0 Å². The molecule has 1 aromatic carbocycles. The molecule has 150 valence electrons. The van der Waals surface area contributed by atoms with Crippen molar-refractivity contribution in [2.45, 2.75) is 32.2 Å². The van der Waals surface area contributed by atoms with E-state index < -0.39 is 0 Å². The van der Waals surface area contributed by atoms with Crippen molar-refractivity contribution in [3.8, 4) is 10.8 Å². The topological polar surface area (TPSA) is 42.0 Å².